The lowest BCUT2D eigenvalue weighted by Gasteiger charge is -2.25. The highest BCUT2D eigenvalue weighted by Crippen LogP contribution is 2.30. The van der Waals surface area contributed by atoms with Crippen LogP contribution in [0.4, 0.5) is 0 Å². The minimum Gasteiger partial charge on any atom is -0.480 e. The summed E-state index contributed by atoms with van der Waals surface area (Å²) in [6.45, 7) is 0. The molecule has 2 rings (SSSR count). The van der Waals surface area contributed by atoms with Crippen LogP contribution in [0.25, 0.3) is 0 Å². The Labute approximate surface area is 108 Å². The molecule has 1 aromatic heterocycles. The molecule has 0 saturated heterocycles. The zero-order valence-corrected chi connectivity index (χ0v) is 10.3. The molecule has 1 amide bonds. The van der Waals surface area contributed by atoms with Crippen LogP contribution in [0, 0.1) is 0 Å². The molecule has 96 valence electrons. The van der Waals surface area contributed by atoms with Gasteiger partial charge in [-0.1, -0.05) is 24.4 Å². The summed E-state index contributed by atoms with van der Waals surface area (Å²) in [7, 11) is 0. The van der Waals surface area contributed by atoms with Crippen molar-refractivity contribution in [1.29, 1.82) is 0 Å². The van der Waals surface area contributed by atoms with E-state index in [4.69, 9.17) is 11.6 Å². The van der Waals surface area contributed by atoms with E-state index in [0.29, 0.717) is 12.8 Å². The molecule has 1 heterocycles. The van der Waals surface area contributed by atoms with Crippen molar-refractivity contribution in [1.82, 2.24) is 15.3 Å². The number of nitrogens with zero attached hydrogens (tertiary/aromatic N) is 2. The van der Waals surface area contributed by atoms with E-state index in [9.17, 15) is 14.7 Å². The first-order chi connectivity index (χ1) is 8.55. The van der Waals surface area contributed by atoms with Gasteiger partial charge in [0.1, 0.15) is 17.6 Å². The second-order valence-electron chi connectivity index (χ2n) is 4.27. The Kier molecular flexibility index (Phi) is 3.47. The Morgan fingerprint density at radius 2 is 2.06 bits per heavy atom. The van der Waals surface area contributed by atoms with E-state index in [1.807, 2.05) is 0 Å². The molecule has 1 fully saturated rings. The number of carboxylic acid groups (broad SMARTS) is 1. The number of halogens is 1. The number of carbonyl (C=O) groups excluding carboxylic acids is 1. The van der Waals surface area contributed by atoms with E-state index >= 15 is 0 Å². The Balaban J connectivity index is 2.21. The lowest BCUT2D eigenvalue weighted by molar-refractivity contribution is -0.144. The molecule has 0 atom stereocenters. The topological polar surface area (TPSA) is 92.2 Å². The van der Waals surface area contributed by atoms with Crippen LogP contribution in [0.1, 0.15) is 36.2 Å². The van der Waals surface area contributed by atoms with Crippen LogP contribution in [0.2, 0.25) is 5.02 Å². The van der Waals surface area contributed by atoms with Gasteiger partial charge in [0.05, 0.1) is 5.02 Å². The van der Waals surface area contributed by atoms with Crippen molar-refractivity contribution in [2.75, 3.05) is 0 Å². The van der Waals surface area contributed by atoms with Crippen LogP contribution in [0.3, 0.4) is 0 Å². The second kappa shape index (κ2) is 4.89. The molecule has 0 bridgehead atoms. The average Bonchev–Trinajstić information content (AvgIpc) is 2.79. The first-order valence-electron chi connectivity index (χ1n) is 5.56. The van der Waals surface area contributed by atoms with Gasteiger partial charge in [0, 0.05) is 6.20 Å². The van der Waals surface area contributed by atoms with Gasteiger partial charge in [0.15, 0.2) is 0 Å². The first kappa shape index (κ1) is 12.8. The number of carbonyl (C=O) groups is 2. The Bertz CT molecular complexity index is 486. The molecule has 0 spiro atoms. The number of aromatic nitrogens is 2. The molecule has 1 aliphatic carbocycles. The number of hydrogen-bond donors (Lipinski definition) is 2. The third kappa shape index (κ3) is 2.28. The highest BCUT2D eigenvalue weighted by molar-refractivity contribution is 6.33. The molecule has 0 aromatic carbocycles. The largest absolute Gasteiger partial charge is 0.480 e. The minimum atomic E-state index is -1.19. The standard InChI is InChI=1S/C11H12ClN3O3/c12-7-5-13-6-14-8(7)9(16)15-11(10(17)18)3-1-2-4-11/h5-6H,1-4H2,(H,15,16)(H,17,18). The molecule has 1 aliphatic rings. The highest BCUT2D eigenvalue weighted by atomic mass is 35.5. The number of amides is 1. The van der Waals surface area contributed by atoms with E-state index in [0.717, 1.165) is 12.8 Å². The average molecular weight is 270 g/mol. The second-order valence-corrected chi connectivity index (χ2v) is 4.67. The number of aliphatic carboxylic acids is 1. The molecule has 6 nitrogen and oxygen atoms in total. The molecule has 1 aromatic rings. The monoisotopic (exact) mass is 269 g/mol. The summed E-state index contributed by atoms with van der Waals surface area (Å²) in [6.07, 6.45) is 4.91. The third-order valence-electron chi connectivity index (χ3n) is 3.10. The van der Waals surface area contributed by atoms with Gasteiger partial charge in [-0.3, -0.25) is 4.79 Å². The zero-order valence-electron chi connectivity index (χ0n) is 9.52. The Morgan fingerprint density at radius 3 is 2.61 bits per heavy atom. The number of hydrogen-bond acceptors (Lipinski definition) is 4. The summed E-state index contributed by atoms with van der Waals surface area (Å²) in [6, 6.07) is 0. The zero-order chi connectivity index (χ0) is 13.2. The van der Waals surface area contributed by atoms with E-state index < -0.39 is 17.4 Å². The maximum atomic E-state index is 12.0. The smallest absolute Gasteiger partial charge is 0.329 e. The van der Waals surface area contributed by atoms with Crippen molar-refractivity contribution < 1.29 is 14.7 Å². The van der Waals surface area contributed by atoms with Gasteiger partial charge >= 0.3 is 5.97 Å². The molecule has 18 heavy (non-hydrogen) atoms. The van der Waals surface area contributed by atoms with Crippen LogP contribution in [-0.2, 0) is 4.79 Å². The van der Waals surface area contributed by atoms with Crippen LogP contribution in [0.5, 0.6) is 0 Å². The quantitative estimate of drug-likeness (QED) is 0.862. The van der Waals surface area contributed by atoms with Crippen molar-refractivity contribution in [3.63, 3.8) is 0 Å². The lowest BCUT2D eigenvalue weighted by atomic mass is 9.97. The molecule has 0 unspecified atom stereocenters. The number of carboxylic acids is 1. The van der Waals surface area contributed by atoms with Gasteiger partial charge < -0.3 is 10.4 Å². The fourth-order valence-electron chi connectivity index (χ4n) is 2.13. The van der Waals surface area contributed by atoms with Crippen LogP contribution >= 0.6 is 11.6 Å². The SMILES string of the molecule is O=C(NC1(C(=O)O)CCCC1)c1ncncc1Cl. The van der Waals surface area contributed by atoms with E-state index in [-0.39, 0.29) is 10.7 Å². The van der Waals surface area contributed by atoms with E-state index in [1.54, 1.807) is 0 Å². The summed E-state index contributed by atoms with van der Waals surface area (Å²) >= 11 is 5.80. The number of rotatable bonds is 3. The molecular formula is C11H12ClN3O3. The predicted molar refractivity (Wildman–Crippen MR) is 63.3 cm³/mol. The molecule has 0 aliphatic heterocycles. The molecular weight excluding hydrogens is 258 g/mol. The third-order valence-corrected chi connectivity index (χ3v) is 3.38. The Hall–Kier alpha value is -1.69. The maximum absolute atomic E-state index is 12.0. The van der Waals surface area contributed by atoms with Gasteiger partial charge in [-0.25, -0.2) is 14.8 Å². The van der Waals surface area contributed by atoms with Gasteiger partial charge in [-0.05, 0) is 12.8 Å². The van der Waals surface area contributed by atoms with Crippen LogP contribution in [0.15, 0.2) is 12.5 Å². The fraction of sp³-hybridized carbons (Fsp3) is 0.455. The highest BCUT2D eigenvalue weighted by Gasteiger charge is 2.43. The molecule has 1 saturated carbocycles. The van der Waals surface area contributed by atoms with E-state index in [2.05, 4.69) is 15.3 Å². The van der Waals surface area contributed by atoms with E-state index in [1.165, 1.54) is 12.5 Å². The van der Waals surface area contributed by atoms with Gasteiger partial charge in [-0.15, -0.1) is 0 Å². The summed E-state index contributed by atoms with van der Waals surface area (Å²) in [5.41, 5.74) is -1.19. The predicted octanol–water partition coefficient (Wildman–Crippen LogP) is 1.26. The summed E-state index contributed by atoms with van der Waals surface area (Å²) in [5, 5.41) is 11.9. The minimum absolute atomic E-state index is 0.000748. The normalized spacial score (nSPS) is 17.4. The summed E-state index contributed by atoms with van der Waals surface area (Å²) < 4.78 is 0. The van der Waals surface area contributed by atoms with Crippen molar-refractivity contribution >= 4 is 23.5 Å². The number of nitrogens with one attached hydrogen (secondary N) is 1. The van der Waals surface area contributed by atoms with Crippen molar-refractivity contribution in [2.45, 2.75) is 31.2 Å². The first-order valence-corrected chi connectivity index (χ1v) is 5.94. The van der Waals surface area contributed by atoms with Crippen molar-refractivity contribution in [3.05, 3.63) is 23.2 Å². The lowest BCUT2D eigenvalue weighted by Crippen LogP contribution is -2.52. The van der Waals surface area contributed by atoms with Gasteiger partial charge in [0.25, 0.3) is 5.91 Å². The summed E-state index contributed by atoms with van der Waals surface area (Å²) in [4.78, 5) is 30.7. The maximum Gasteiger partial charge on any atom is 0.329 e. The molecule has 7 heteroatoms. The molecule has 0 radical (unpaired) electrons. The van der Waals surface area contributed by atoms with Gasteiger partial charge in [-0.2, -0.15) is 0 Å². The van der Waals surface area contributed by atoms with Crippen LogP contribution < -0.4 is 5.32 Å². The summed E-state index contributed by atoms with van der Waals surface area (Å²) in [5.74, 6) is -1.59. The van der Waals surface area contributed by atoms with Crippen LogP contribution in [-0.4, -0.2) is 32.5 Å². The van der Waals surface area contributed by atoms with Crippen molar-refractivity contribution in [2.24, 2.45) is 0 Å². The van der Waals surface area contributed by atoms with Gasteiger partial charge in [0.2, 0.25) is 0 Å². The fourth-order valence-corrected chi connectivity index (χ4v) is 2.32. The van der Waals surface area contributed by atoms with Crippen molar-refractivity contribution in [3.8, 4) is 0 Å². The molecule has 2 N–H and O–H groups in total. The Morgan fingerprint density at radius 1 is 1.39 bits per heavy atom.